The smallest absolute Gasteiger partial charge is 0.251 e. The lowest BCUT2D eigenvalue weighted by atomic mass is 10.0. The van der Waals surface area contributed by atoms with E-state index in [9.17, 15) is 9.59 Å². The first-order valence-electron chi connectivity index (χ1n) is 13.4. The molecule has 0 aliphatic heterocycles. The Labute approximate surface area is 243 Å². The van der Waals surface area contributed by atoms with Crippen molar-refractivity contribution in [1.29, 1.82) is 0 Å². The van der Waals surface area contributed by atoms with Crippen LogP contribution < -0.4 is 20.1 Å². The third-order valence-corrected chi connectivity index (χ3v) is 8.22. The third-order valence-electron chi connectivity index (χ3n) is 6.54. The van der Waals surface area contributed by atoms with Crippen LogP contribution in [0.25, 0.3) is 0 Å². The summed E-state index contributed by atoms with van der Waals surface area (Å²) in [6.07, 6.45) is 8.47. The number of hydrogen-bond acceptors (Lipinski definition) is 5. The highest BCUT2D eigenvalue weighted by atomic mass is 32.3. The summed E-state index contributed by atoms with van der Waals surface area (Å²) in [7, 11) is 0.699. The Morgan fingerprint density at radius 2 is 1.63 bits per heavy atom. The Morgan fingerprint density at radius 3 is 2.24 bits per heavy atom. The van der Waals surface area contributed by atoms with E-state index in [0.29, 0.717) is 41.6 Å². The molecule has 4 aromatic rings. The molecule has 1 aromatic heterocycles. The van der Waals surface area contributed by atoms with Crippen LogP contribution in [0.3, 0.4) is 0 Å². The molecule has 0 saturated carbocycles. The fraction of sp³-hybridized carbons (Fsp3) is 0.281. The second kappa shape index (κ2) is 13.4. The molecule has 0 spiro atoms. The maximum absolute atomic E-state index is 13.5. The van der Waals surface area contributed by atoms with Crippen LogP contribution >= 0.6 is 10.0 Å². The summed E-state index contributed by atoms with van der Waals surface area (Å²) in [6, 6.07) is 23.8. The zero-order chi connectivity index (χ0) is 29.4. The second-order valence-corrected chi connectivity index (χ2v) is 14.5. The standard InChI is InChI=1S/C32H38N4O4S/c1-6-36-21-25(32(35-36)40-22-23-10-8-7-9-11-23)20-29(37)34-30(24-12-16-27(39-2)17-13-24)31(38)33-26-14-18-28(19-15-26)41(3,4)5/h7-19,21,30H,6,20,22H2,1-5H3,(H,33,38)(H,34,37). The highest BCUT2D eigenvalue weighted by Crippen LogP contribution is 2.45. The van der Waals surface area contributed by atoms with Gasteiger partial charge in [-0.25, -0.2) is 10.0 Å². The maximum atomic E-state index is 13.5. The van der Waals surface area contributed by atoms with Crippen LogP contribution in [0.4, 0.5) is 5.69 Å². The van der Waals surface area contributed by atoms with Crippen LogP contribution in [0, 0.1) is 0 Å². The largest absolute Gasteiger partial charge is 0.497 e. The van der Waals surface area contributed by atoms with Crippen molar-refractivity contribution in [2.45, 2.75) is 37.4 Å². The number of ether oxygens (including phenoxy) is 2. The molecule has 4 rings (SSSR count). The third kappa shape index (κ3) is 8.14. The van der Waals surface area contributed by atoms with Gasteiger partial charge in [0, 0.05) is 24.0 Å². The number of rotatable bonds is 12. The molecule has 0 bridgehead atoms. The summed E-state index contributed by atoms with van der Waals surface area (Å²) >= 11 is 0. The molecule has 2 amide bonds. The summed E-state index contributed by atoms with van der Waals surface area (Å²) in [5.41, 5.74) is 2.95. The molecule has 1 atom stereocenters. The molecule has 3 aromatic carbocycles. The van der Waals surface area contributed by atoms with Crippen molar-refractivity contribution in [3.8, 4) is 11.6 Å². The van der Waals surface area contributed by atoms with Crippen molar-refractivity contribution in [2.24, 2.45) is 0 Å². The number of benzene rings is 3. The van der Waals surface area contributed by atoms with Gasteiger partial charge >= 0.3 is 0 Å². The van der Waals surface area contributed by atoms with Crippen LogP contribution in [0.2, 0.25) is 0 Å². The number of nitrogens with one attached hydrogen (secondary N) is 2. The average Bonchev–Trinajstić information content (AvgIpc) is 3.36. The Morgan fingerprint density at radius 1 is 0.951 bits per heavy atom. The molecule has 0 saturated heterocycles. The number of carbonyl (C=O) groups is 2. The van der Waals surface area contributed by atoms with Crippen LogP contribution in [0.15, 0.2) is 90.0 Å². The van der Waals surface area contributed by atoms with Crippen molar-refractivity contribution in [2.75, 3.05) is 31.2 Å². The molecule has 8 nitrogen and oxygen atoms in total. The van der Waals surface area contributed by atoms with Gasteiger partial charge in [0.2, 0.25) is 11.8 Å². The fourth-order valence-corrected chi connectivity index (χ4v) is 5.17. The molecular weight excluding hydrogens is 536 g/mol. The predicted octanol–water partition coefficient (Wildman–Crippen LogP) is 5.58. The van der Waals surface area contributed by atoms with E-state index in [1.54, 1.807) is 42.3 Å². The Hall–Kier alpha value is -4.24. The quantitative estimate of drug-likeness (QED) is 0.230. The highest BCUT2D eigenvalue weighted by Gasteiger charge is 2.25. The SMILES string of the molecule is CCn1cc(CC(=O)NC(C(=O)Nc2ccc(S(C)(C)C)cc2)c2ccc(OC)cc2)c(OCc2ccccc2)n1. The van der Waals surface area contributed by atoms with Gasteiger partial charge in [-0.1, -0.05) is 42.5 Å². The Bertz CT molecular complexity index is 1450. The van der Waals surface area contributed by atoms with Crippen molar-refractivity contribution < 1.29 is 19.1 Å². The molecule has 9 heteroatoms. The van der Waals surface area contributed by atoms with Gasteiger partial charge in [-0.15, -0.1) is 5.10 Å². The van der Waals surface area contributed by atoms with Crippen molar-refractivity contribution >= 4 is 27.5 Å². The van der Waals surface area contributed by atoms with E-state index in [-0.39, 0.29) is 18.2 Å². The first kappa shape index (κ1) is 29.7. The lowest BCUT2D eigenvalue weighted by Gasteiger charge is -2.26. The first-order chi connectivity index (χ1) is 19.7. The van der Waals surface area contributed by atoms with Gasteiger partial charge in [0.25, 0.3) is 5.91 Å². The van der Waals surface area contributed by atoms with Crippen LogP contribution in [0.1, 0.15) is 29.7 Å². The van der Waals surface area contributed by atoms with Gasteiger partial charge < -0.3 is 20.1 Å². The van der Waals surface area contributed by atoms with Crippen LogP contribution in [-0.2, 0) is 29.2 Å². The first-order valence-corrected chi connectivity index (χ1v) is 16.3. The monoisotopic (exact) mass is 574 g/mol. The molecule has 216 valence electrons. The summed E-state index contributed by atoms with van der Waals surface area (Å²) in [6.45, 7) is 2.94. The molecule has 41 heavy (non-hydrogen) atoms. The van der Waals surface area contributed by atoms with E-state index in [4.69, 9.17) is 9.47 Å². The number of carbonyl (C=O) groups excluding carboxylic acids is 2. The fourth-order valence-electron chi connectivity index (χ4n) is 4.22. The Balaban J connectivity index is 1.51. The van der Waals surface area contributed by atoms with E-state index in [1.165, 1.54) is 4.90 Å². The zero-order valence-electron chi connectivity index (χ0n) is 24.2. The van der Waals surface area contributed by atoms with E-state index >= 15 is 0 Å². The topological polar surface area (TPSA) is 94.5 Å². The van der Waals surface area contributed by atoms with Crippen LogP contribution in [-0.4, -0.2) is 47.5 Å². The number of hydrogen-bond donors (Lipinski definition) is 2. The number of aromatic nitrogens is 2. The zero-order valence-corrected chi connectivity index (χ0v) is 25.0. The normalized spacial score (nSPS) is 12.3. The lowest BCUT2D eigenvalue weighted by molar-refractivity contribution is -0.126. The van der Waals surface area contributed by atoms with E-state index in [0.717, 1.165) is 5.56 Å². The van der Waals surface area contributed by atoms with Gasteiger partial charge in [-0.2, -0.15) is 0 Å². The predicted molar refractivity (Wildman–Crippen MR) is 165 cm³/mol. The van der Waals surface area contributed by atoms with Gasteiger partial charge in [0.1, 0.15) is 18.4 Å². The molecule has 0 aliphatic carbocycles. The lowest BCUT2D eigenvalue weighted by Crippen LogP contribution is -2.37. The molecule has 0 fully saturated rings. The van der Waals surface area contributed by atoms with E-state index in [2.05, 4.69) is 34.5 Å². The van der Waals surface area contributed by atoms with Gasteiger partial charge in [-0.05, 0) is 78.1 Å². The number of nitrogens with zero attached hydrogens (tertiary/aromatic N) is 2. The van der Waals surface area contributed by atoms with Gasteiger partial charge in [0.15, 0.2) is 0 Å². The van der Waals surface area contributed by atoms with Gasteiger partial charge in [-0.3, -0.25) is 14.3 Å². The summed E-state index contributed by atoms with van der Waals surface area (Å²) in [5.74, 6) is 0.390. The number of aryl methyl sites for hydroxylation is 1. The van der Waals surface area contributed by atoms with Gasteiger partial charge in [0.05, 0.1) is 13.5 Å². The molecule has 0 aliphatic rings. The molecule has 1 unspecified atom stereocenters. The summed E-state index contributed by atoms with van der Waals surface area (Å²) < 4.78 is 13.0. The van der Waals surface area contributed by atoms with Crippen molar-refractivity contribution in [3.05, 3.63) is 102 Å². The number of amides is 2. The molecule has 0 radical (unpaired) electrons. The number of methoxy groups -OCH3 is 1. The van der Waals surface area contributed by atoms with Crippen molar-refractivity contribution in [3.63, 3.8) is 0 Å². The average molecular weight is 575 g/mol. The minimum Gasteiger partial charge on any atom is -0.497 e. The minimum atomic E-state index is -0.920. The maximum Gasteiger partial charge on any atom is 0.251 e. The minimum absolute atomic E-state index is 0.00706. The molecule has 2 N–H and O–H groups in total. The molecular formula is C32H38N4O4S. The highest BCUT2D eigenvalue weighted by molar-refractivity contribution is 8.32. The second-order valence-electron chi connectivity index (χ2n) is 10.4. The van der Waals surface area contributed by atoms with Crippen molar-refractivity contribution in [1.82, 2.24) is 15.1 Å². The van der Waals surface area contributed by atoms with Crippen LogP contribution in [0.5, 0.6) is 11.6 Å². The summed E-state index contributed by atoms with van der Waals surface area (Å²) in [4.78, 5) is 28.1. The van der Waals surface area contributed by atoms with E-state index < -0.39 is 16.1 Å². The summed E-state index contributed by atoms with van der Waals surface area (Å²) in [5, 5.41) is 10.4. The molecule has 1 heterocycles. The Kier molecular flexibility index (Phi) is 9.73. The van der Waals surface area contributed by atoms with E-state index in [1.807, 2.05) is 61.5 Å². The number of anilines is 1.